The van der Waals surface area contributed by atoms with Gasteiger partial charge in [-0.05, 0) is 42.7 Å². The smallest absolute Gasteiger partial charge is 0.347 e. The lowest BCUT2D eigenvalue weighted by Crippen LogP contribution is -2.53. The maximum Gasteiger partial charge on any atom is 0.347 e. The molecule has 0 spiro atoms. The largest absolute Gasteiger partial charge is 0.349 e. The van der Waals surface area contributed by atoms with Gasteiger partial charge in [-0.2, -0.15) is 10.4 Å². The molecule has 0 saturated carbocycles. The Balaban J connectivity index is 1.37. The standard InChI is InChI=1S/C25H24FN9O/c1-3-17-11-29-24(30-12-17)33-6-7-34(16(2)14-33)23-19(10-27)8-20(13-28-23)18-4-5-22(21(26)9-18)35-15-31-32-25(35)36/h4-5,8-9,11-13,15-16H,3,6-7,14H2,1-2H3,(H,32,36). The zero-order valence-electron chi connectivity index (χ0n) is 19.9. The molecule has 5 rings (SSSR count). The fourth-order valence-electron chi connectivity index (χ4n) is 4.38. The second-order valence-electron chi connectivity index (χ2n) is 8.64. The summed E-state index contributed by atoms with van der Waals surface area (Å²) in [6.45, 7) is 6.20. The highest BCUT2D eigenvalue weighted by molar-refractivity contribution is 5.69. The van der Waals surface area contributed by atoms with Crippen molar-refractivity contribution in [3.05, 3.63) is 76.6 Å². The molecule has 0 amide bonds. The summed E-state index contributed by atoms with van der Waals surface area (Å²) < 4.78 is 15.9. The van der Waals surface area contributed by atoms with E-state index in [0.29, 0.717) is 48.1 Å². The van der Waals surface area contributed by atoms with Gasteiger partial charge in [0.25, 0.3) is 0 Å². The summed E-state index contributed by atoms with van der Waals surface area (Å²) >= 11 is 0. The van der Waals surface area contributed by atoms with Gasteiger partial charge in [-0.15, -0.1) is 0 Å². The first-order valence-electron chi connectivity index (χ1n) is 11.6. The van der Waals surface area contributed by atoms with Crippen LogP contribution in [-0.2, 0) is 6.42 Å². The molecule has 1 atom stereocenters. The third-order valence-electron chi connectivity index (χ3n) is 6.36. The van der Waals surface area contributed by atoms with Gasteiger partial charge in [0, 0.05) is 49.8 Å². The molecular formula is C25H24FN9O. The Bertz CT molecular complexity index is 1490. The lowest BCUT2D eigenvalue weighted by Gasteiger charge is -2.40. The first-order valence-corrected chi connectivity index (χ1v) is 11.6. The number of halogens is 1. The fraction of sp³-hybridized carbons (Fsp3) is 0.280. The SMILES string of the molecule is CCc1cnc(N2CCN(c3ncc(-c4ccc(-n5cn[nH]c5=O)c(F)c4)cc3C#N)C(C)C2)nc1. The van der Waals surface area contributed by atoms with Crippen molar-refractivity contribution in [3.8, 4) is 22.9 Å². The van der Waals surface area contributed by atoms with Crippen molar-refractivity contribution in [1.82, 2.24) is 29.7 Å². The Hall–Kier alpha value is -4.59. The van der Waals surface area contributed by atoms with E-state index >= 15 is 0 Å². The predicted octanol–water partition coefficient (Wildman–Crippen LogP) is 2.70. The lowest BCUT2D eigenvalue weighted by molar-refractivity contribution is 0.538. The van der Waals surface area contributed by atoms with E-state index in [4.69, 9.17) is 0 Å². The molecule has 1 unspecified atom stereocenters. The normalized spacial score (nSPS) is 15.7. The number of piperazine rings is 1. The predicted molar refractivity (Wildman–Crippen MR) is 133 cm³/mol. The van der Waals surface area contributed by atoms with Crippen LogP contribution in [0, 0.1) is 17.1 Å². The summed E-state index contributed by atoms with van der Waals surface area (Å²) in [7, 11) is 0. The highest BCUT2D eigenvalue weighted by Crippen LogP contribution is 2.29. The molecule has 4 heterocycles. The summed E-state index contributed by atoms with van der Waals surface area (Å²) in [4.78, 5) is 29.6. The van der Waals surface area contributed by atoms with E-state index in [1.54, 1.807) is 18.3 Å². The van der Waals surface area contributed by atoms with Crippen molar-refractivity contribution < 1.29 is 4.39 Å². The molecule has 10 nitrogen and oxygen atoms in total. The van der Waals surface area contributed by atoms with Crippen LogP contribution in [0.3, 0.4) is 0 Å². The van der Waals surface area contributed by atoms with Crippen LogP contribution in [-0.4, -0.2) is 55.4 Å². The number of anilines is 2. The zero-order chi connectivity index (χ0) is 25.2. The molecular weight excluding hydrogens is 461 g/mol. The molecule has 36 heavy (non-hydrogen) atoms. The Morgan fingerprint density at radius 3 is 2.58 bits per heavy atom. The molecule has 4 aromatic rings. The molecule has 1 fully saturated rings. The van der Waals surface area contributed by atoms with Crippen LogP contribution in [0.4, 0.5) is 16.2 Å². The van der Waals surface area contributed by atoms with Crippen LogP contribution < -0.4 is 15.5 Å². The molecule has 1 saturated heterocycles. The van der Waals surface area contributed by atoms with Gasteiger partial charge < -0.3 is 9.80 Å². The lowest BCUT2D eigenvalue weighted by atomic mass is 10.0. The maximum atomic E-state index is 14.8. The number of H-pyrrole nitrogens is 1. The molecule has 1 aliphatic heterocycles. The van der Waals surface area contributed by atoms with Crippen molar-refractivity contribution in [3.63, 3.8) is 0 Å². The third-order valence-corrected chi connectivity index (χ3v) is 6.36. The van der Waals surface area contributed by atoms with Crippen LogP contribution in [0.15, 0.2) is 54.0 Å². The van der Waals surface area contributed by atoms with E-state index < -0.39 is 11.5 Å². The van der Waals surface area contributed by atoms with E-state index in [2.05, 4.69) is 54.9 Å². The number of pyridine rings is 1. The summed E-state index contributed by atoms with van der Waals surface area (Å²) in [6, 6.07) is 8.53. The first kappa shape index (κ1) is 23.2. The maximum absolute atomic E-state index is 14.8. The average molecular weight is 486 g/mol. The van der Waals surface area contributed by atoms with Crippen molar-refractivity contribution in [2.75, 3.05) is 29.4 Å². The number of rotatable bonds is 5. The summed E-state index contributed by atoms with van der Waals surface area (Å²) in [5, 5.41) is 15.7. The second-order valence-corrected chi connectivity index (χ2v) is 8.64. The monoisotopic (exact) mass is 485 g/mol. The Morgan fingerprint density at radius 1 is 1.14 bits per heavy atom. The van der Waals surface area contributed by atoms with Gasteiger partial charge in [0.2, 0.25) is 5.95 Å². The van der Waals surface area contributed by atoms with Gasteiger partial charge in [0.15, 0.2) is 0 Å². The van der Waals surface area contributed by atoms with E-state index in [1.807, 2.05) is 12.4 Å². The van der Waals surface area contributed by atoms with Crippen LogP contribution in [0.25, 0.3) is 16.8 Å². The number of benzene rings is 1. The van der Waals surface area contributed by atoms with Gasteiger partial charge >= 0.3 is 5.69 Å². The second kappa shape index (κ2) is 9.58. The van der Waals surface area contributed by atoms with Crippen molar-refractivity contribution in [2.45, 2.75) is 26.3 Å². The van der Waals surface area contributed by atoms with Crippen LogP contribution >= 0.6 is 0 Å². The molecule has 3 aromatic heterocycles. The van der Waals surface area contributed by atoms with Crippen LogP contribution in [0.2, 0.25) is 0 Å². The van der Waals surface area contributed by atoms with Crippen molar-refractivity contribution in [2.24, 2.45) is 0 Å². The number of nitrogens with one attached hydrogen (secondary N) is 1. The summed E-state index contributed by atoms with van der Waals surface area (Å²) in [5.74, 6) is 0.709. The summed E-state index contributed by atoms with van der Waals surface area (Å²) in [5.41, 5.74) is 2.22. The minimum atomic E-state index is -0.586. The number of nitriles is 1. The Morgan fingerprint density at radius 2 is 1.94 bits per heavy atom. The topological polar surface area (TPSA) is 120 Å². The molecule has 0 aliphatic carbocycles. The summed E-state index contributed by atoms with van der Waals surface area (Å²) in [6.07, 6.45) is 7.47. The van der Waals surface area contributed by atoms with Gasteiger partial charge in [0.05, 0.1) is 11.3 Å². The molecule has 11 heteroatoms. The van der Waals surface area contributed by atoms with E-state index in [1.165, 1.54) is 18.5 Å². The highest BCUT2D eigenvalue weighted by Gasteiger charge is 2.28. The molecule has 0 bridgehead atoms. The molecule has 1 aromatic carbocycles. The van der Waals surface area contributed by atoms with Gasteiger partial charge in [-0.3, -0.25) is 0 Å². The number of aromatic amines is 1. The van der Waals surface area contributed by atoms with Gasteiger partial charge in [0.1, 0.15) is 24.0 Å². The zero-order valence-corrected chi connectivity index (χ0v) is 19.9. The number of hydrogen-bond donors (Lipinski definition) is 1. The first-order chi connectivity index (χ1) is 17.5. The van der Waals surface area contributed by atoms with Crippen molar-refractivity contribution >= 4 is 11.8 Å². The van der Waals surface area contributed by atoms with E-state index in [9.17, 15) is 14.4 Å². The number of aromatic nitrogens is 6. The van der Waals surface area contributed by atoms with Gasteiger partial charge in [-0.25, -0.2) is 33.8 Å². The van der Waals surface area contributed by atoms with Crippen LogP contribution in [0.1, 0.15) is 25.0 Å². The highest BCUT2D eigenvalue weighted by atomic mass is 19.1. The number of hydrogen-bond acceptors (Lipinski definition) is 8. The van der Waals surface area contributed by atoms with Crippen LogP contribution in [0.5, 0.6) is 0 Å². The molecule has 1 aliphatic rings. The number of nitrogens with zero attached hydrogens (tertiary/aromatic N) is 8. The fourth-order valence-corrected chi connectivity index (χ4v) is 4.38. The quantitative estimate of drug-likeness (QED) is 0.458. The Kier molecular flexibility index (Phi) is 6.16. The molecule has 1 N–H and O–H groups in total. The van der Waals surface area contributed by atoms with Crippen molar-refractivity contribution in [1.29, 1.82) is 5.26 Å². The third kappa shape index (κ3) is 4.29. The molecule has 182 valence electrons. The molecule has 0 radical (unpaired) electrons. The minimum absolute atomic E-state index is 0.0728. The van der Waals surface area contributed by atoms with E-state index in [-0.39, 0.29) is 11.7 Å². The van der Waals surface area contributed by atoms with Gasteiger partial charge in [-0.1, -0.05) is 13.0 Å². The average Bonchev–Trinajstić information content (AvgIpc) is 3.33. The Labute approximate surface area is 206 Å². The number of aryl methyl sites for hydroxylation is 1. The van der Waals surface area contributed by atoms with E-state index in [0.717, 1.165) is 16.6 Å². The minimum Gasteiger partial charge on any atom is -0.349 e.